The molecule has 0 fully saturated rings. The number of nitrogens with two attached hydrogens (primary N) is 1. The third kappa shape index (κ3) is 4.83. The molecule has 1 aromatic heterocycles. The van der Waals surface area contributed by atoms with Crippen molar-refractivity contribution in [2.75, 3.05) is 27.2 Å². The van der Waals surface area contributed by atoms with Crippen molar-refractivity contribution in [3.63, 3.8) is 0 Å². The fourth-order valence-electron chi connectivity index (χ4n) is 4.29. The summed E-state index contributed by atoms with van der Waals surface area (Å²) in [5.41, 5.74) is 11.2. The minimum absolute atomic E-state index is 0.0857. The lowest BCUT2D eigenvalue weighted by atomic mass is 9.89. The number of aromatic nitrogens is 1. The molecular formula is C26H28ClN3O2S. The van der Waals surface area contributed by atoms with Crippen molar-refractivity contribution in [2.24, 2.45) is 11.7 Å². The lowest BCUT2D eigenvalue weighted by Crippen LogP contribution is -2.28. The largest absolute Gasteiger partial charge is 0.493 e. The number of hydrogen-bond acceptors (Lipinski definition) is 5. The molecule has 2 N–H and O–H groups in total. The quantitative estimate of drug-likeness (QED) is 0.293. The van der Waals surface area contributed by atoms with Crippen molar-refractivity contribution < 1.29 is 9.53 Å². The molecule has 0 bridgehead atoms. The Morgan fingerprint density at radius 3 is 2.79 bits per heavy atom. The van der Waals surface area contributed by atoms with Gasteiger partial charge in [0.2, 0.25) is 0 Å². The first-order chi connectivity index (χ1) is 15.8. The van der Waals surface area contributed by atoms with Gasteiger partial charge in [0.15, 0.2) is 5.78 Å². The monoisotopic (exact) mass is 481 g/mol. The van der Waals surface area contributed by atoms with E-state index in [1.54, 1.807) is 5.37 Å². The normalized spacial score (nSPS) is 16.3. The van der Waals surface area contributed by atoms with Gasteiger partial charge in [0.05, 0.1) is 12.5 Å². The van der Waals surface area contributed by atoms with Crippen LogP contribution in [-0.2, 0) is 13.0 Å². The molecule has 2 heterocycles. The molecule has 1 aliphatic rings. The van der Waals surface area contributed by atoms with Crippen LogP contribution in [0.15, 0.2) is 48.3 Å². The Morgan fingerprint density at radius 1 is 1.30 bits per heavy atom. The van der Waals surface area contributed by atoms with Gasteiger partial charge in [-0.25, -0.2) is 0 Å². The molecule has 0 saturated heterocycles. The first kappa shape index (κ1) is 23.5. The van der Waals surface area contributed by atoms with Crippen LogP contribution in [0.2, 0.25) is 5.02 Å². The van der Waals surface area contributed by atoms with Gasteiger partial charge in [-0.2, -0.15) is 0 Å². The highest BCUT2D eigenvalue weighted by molar-refractivity contribution is 7.79. The number of carbonyl (C=O) groups is 1. The molecule has 0 amide bonds. The van der Waals surface area contributed by atoms with Crippen molar-refractivity contribution in [1.82, 2.24) is 9.47 Å². The molecule has 2 aromatic carbocycles. The van der Waals surface area contributed by atoms with Crippen LogP contribution in [0, 0.1) is 5.92 Å². The first-order valence-corrected chi connectivity index (χ1v) is 11.8. The highest BCUT2D eigenvalue weighted by Crippen LogP contribution is 2.33. The van der Waals surface area contributed by atoms with E-state index >= 15 is 0 Å². The Hall–Kier alpha value is -2.67. The van der Waals surface area contributed by atoms with Crippen LogP contribution in [0.1, 0.15) is 28.4 Å². The van der Waals surface area contributed by atoms with E-state index in [0.717, 1.165) is 46.4 Å². The molecule has 0 aliphatic carbocycles. The van der Waals surface area contributed by atoms with E-state index < -0.39 is 0 Å². The van der Waals surface area contributed by atoms with E-state index in [-0.39, 0.29) is 11.7 Å². The highest BCUT2D eigenvalue weighted by Gasteiger charge is 2.29. The lowest BCUT2D eigenvalue weighted by Gasteiger charge is -2.24. The minimum atomic E-state index is -0.258. The van der Waals surface area contributed by atoms with E-state index in [1.165, 1.54) is 0 Å². The molecule has 4 rings (SSSR count). The summed E-state index contributed by atoms with van der Waals surface area (Å²) in [5.74, 6) is 0.631. The van der Waals surface area contributed by atoms with Crippen LogP contribution in [0.25, 0.3) is 16.5 Å². The molecule has 1 aliphatic heterocycles. The summed E-state index contributed by atoms with van der Waals surface area (Å²) in [6.07, 6.45) is 2.59. The smallest absolute Gasteiger partial charge is 0.171 e. The second kappa shape index (κ2) is 9.67. The van der Waals surface area contributed by atoms with Gasteiger partial charge in [0.25, 0.3) is 0 Å². The molecule has 3 aromatic rings. The molecule has 33 heavy (non-hydrogen) atoms. The maximum atomic E-state index is 13.7. The van der Waals surface area contributed by atoms with Crippen LogP contribution in [0.4, 0.5) is 0 Å². The van der Waals surface area contributed by atoms with Crippen molar-refractivity contribution in [1.29, 1.82) is 0 Å². The van der Waals surface area contributed by atoms with E-state index in [9.17, 15) is 4.79 Å². The number of nitrogens with zero attached hydrogens (tertiary/aromatic N) is 2. The number of Topliss-reactive ketones (excluding diaryl/α,β-unsaturated/α-hetero) is 1. The van der Waals surface area contributed by atoms with E-state index in [0.29, 0.717) is 29.3 Å². The molecule has 0 spiro atoms. The third-order valence-corrected chi connectivity index (χ3v) is 6.56. The van der Waals surface area contributed by atoms with Gasteiger partial charge in [-0.1, -0.05) is 36.0 Å². The number of hydrogen-bond donors (Lipinski definition) is 1. The second-order valence-corrected chi connectivity index (χ2v) is 9.49. The predicted octanol–water partition coefficient (Wildman–Crippen LogP) is 4.98. The van der Waals surface area contributed by atoms with Crippen LogP contribution >= 0.6 is 23.8 Å². The topological polar surface area (TPSA) is 60.5 Å². The summed E-state index contributed by atoms with van der Waals surface area (Å²) in [6.45, 7) is 3.82. The number of halogens is 1. The SMILES string of the molecule is C/C(N)=C(/C=S)c1ccc2c(C(=O)C3COc4ccc(Cl)cc4C3)cn(CCN(C)C)c2c1. The number of benzene rings is 2. The standard InChI is InChI=1S/C26H28ClN3O2S/c1-16(28)23(15-33)17-4-6-21-22(13-30(24(21)12-17)9-8-29(2)3)26(31)19-10-18-11-20(27)5-7-25(18)32-14-19/h4-7,11-13,15,19H,8-10,14,28H2,1-3H3/b23-16+. The van der Waals surface area contributed by atoms with Crippen molar-refractivity contribution in [3.05, 3.63) is 70.0 Å². The Labute approximate surface area is 204 Å². The summed E-state index contributed by atoms with van der Waals surface area (Å²) in [4.78, 5) is 15.8. The van der Waals surface area contributed by atoms with E-state index in [4.69, 9.17) is 34.3 Å². The number of fused-ring (bicyclic) bond motifs is 2. The average molecular weight is 482 g/mol. The van der Waals surface area contributed by atoms with Crippen LogP contribution in [0.5, 0.6) is 5.75 Å². The number of rotatable bonds is 7. The van der Waals surface area contributed by atoms with Crippen molar-refractivity contribution >= 4 is 51.4 Å². The summed E-state index contributed by atoms with van der Waals surface area (Å²) >= 11 is 11.4. The molecule has 172 valence electrons. The van der Waals surface area contributed by atoms with Crippen molar-refractivity contribution in [2.45, 2.75) is 19.9 Å². The Kier molecular flexibility index (Phi) is 6.88. The number of thiocarbonyl (C=S) groups is 1. The molecule has 0 saturated carbocycles. The van der Waals surface area contributed by atoms with Gasteiger partial charge in [-0.15, -0.1) is 0 Å². The Bertz CT molecular complexity index is 1260. The Morgan fingerprint density at radius 2 is 2.09 bits per heavy atom. The third-order valence-electron chi connectivity index (χ3n) is 6.09. The molecule has 0 radical (unpaired) electrons. The summed E-state index contributed by atoms with van der Waals surface area (Å²) < 4.78 is 8.04. The van der Waals surface area contributed by atoms with Crippen LogP contribution in [0.3, 0.4) is 0 Å². The first-order valence-electron chi connectivity index (χ1n) is 10.9. The van der Waals surface area contributed by atoms with Gasteiger partial charge in [0.1, 0.15) is 5.75 Å². The van der Waals surface area contributed by atoms with Gasteiger partial charge in [-0.05, 0) is 62.8 Å². The van der Waals surface area contributed by atoms with Gasteiger partial charge in [0, 0.05) is 57.4 Å². The number of ketones is 1. The predicted molar refractivity (Wildman–Crippen MR) is 139 cm³/mol. The molecule has 7 heteroatoms. The summed E-state index contributed by atoms with van der Waals surface area (Å²) in [6, 6.07) is 11.6. The average Bonchev–Trinajstić information content (AvgIpc) is 3.15. The van der Waals surface area contributed by atoms with Crippen LogP contribution in [-0.4, -0.2) is 47.9 Å². The second-order valence-electron chi connectivity index (χ2n) is 8.81. The maximum absolute atomic E-state index is 13.7. The number of likely N-dealkylation sites (N-methyl/N-ethyl adjacent to an activating group) is 1. The summed E-state index contributed by atoms with van der Waals surface area (Å²) in [5, 5.41) is 3.19. The van der Waals surface area contributed by atoms with Crippen LogP contribution < -0.4 is 10.5 Å². The zero-order valence-electron chi connectivity index (χ0n) is 19.1. The minimum Gasteiger partial charge on any atom is -0.493 e. The maximum Gasteiger partial charge on any atom is 0.171 e. The molecule has 1 atom stereocenters. The molecular weight excluding hydrogens is 454 g/mol. The van der Waals surface area contributed by atoms with Gasteiger partial charge >= 0.3 is 0 Å². The highest BCUT2D eigenvalue weighted by atomic mass is 35.5. The lowest BCUT2D eigenvalue weighted by molar-refractivity contribution is 0.0856. The molecule has 1 unspecified atom stereocenters. The zero-order valence-corrected chi connectivity index (χ0v) is 20.7. The van der Waals surface area contributed by atoms with Gasteiger partial charge < -0.3 is 19.9 Å². The van der Waals surface area contributed by atoms with E-state index in [2.05, 4.69) is 15.5 Å². The molecule has 5 nitrogen and oxygen atoms in total. The fourth-order valence-corrected chi connectivity index (χ4v) is 4.81. The van der Waals surface area contributed by atoms with Crippen molar-refractivity contribution in [3.8, 4) is 5.75 Å². The summed E-state index contributed by atoms with van der Waals surface area (Å²) in [7, 11) is 4.08. The Balaban J connectivity index is 1.74. The zero-order chi connectivity index (χ0) is 23.7. The number of ether oxygens (including phenoxy) is 1. The van der Waals surface area contributed by atoms with E-state index in [1.807, 2.05) is 57.5 Å². The number of carbonyl (C=O) groups excluding carboxylic acids is 1. The fraction of sp³-hybridized carbons (Fsp3) is 0.308. The van der Waals surface area contributed by atoms with Gasteiger partial charge in [-0.3, -0.25) is 4.79 Å². The number of allylic oxidation sites excluding steroid dienone is 2.